The van der Waals surface area contributed by atoms with Crippen LogP contribution in [0, 0.1) is 5.82 Å². The van der Waals surface area contributed by atoms with Gasteiger partial charge in [-0.3, -0.25) is 4.99 Å². The van der Waals surface area contributed by atoms with Gasteiger partial charge in [-0.25, -0.2) is 4.39 Å². The number of aliphatic imine (C=N–C) groups is 1. The summed E-state index contributed by atoms with van der Waals surface area (Å²) in [5.74, 6) is 0.606. The molecule has 1 fully saturated rings. The maximum atomic E-state index is 13.1. The maximum Gasteiger partial charge on any atom is 0.193 e. The number of halogens is 1. The van der Waals surface area contributed by atoms with Gasteiger partial charge in [-0.15, -0.1) is 0 Å². The highest BCUT2D eigenvalue weighted by atomic mass is 19.1. The van der Waals surface area contributed by atoms with Crippen LogP contribution in [-0.4, -0.2) is 56.9 Å². The molecule has 1 saturated heterocycles. The van der Waals surface area contributed by atoms with Gasteiger partial charge in [-0.1, -0.05) is 12.1 Å². The second-order valence-electron chi connectivity index (χ2n) is 5.56. The Bertz CT molecular complexity index is 507. The van der Waals surface area contributed by atoms with E-state index in [4.69, 9.17) is 9.47 Å². The van der Waals surface area contributed by atoms with Crippen molar-refractivity contribution in [2.75, 3.05) is 39.9 Å². The van der Waals surface area contributed by atoms with Gasteiger partial charge in [0.1, 0.15) is 11.9 Å². The molecule has 1 heterocycles. The SMILES string of the molecule is CCOCCNC(=NC)N1CC(C)OC(c2ccc(F)cc2)C1. The number of hydrogen-bond donors (Lipinski definition) is 1. The van der Waals surface area contributed by atoms with Crippen molar-refractivity contribution in [3.8, 4) is 0 Å². The molecule has 0 radical (unpaired) electrons. The number of hydrogen-bond acceptors (Lipinski definition) is 3. The van der Waals surface area contributed by atoms with Gasteiger partial charge in [-0.2, -0.15) is 0 Å². The first-order valence-corrected chi connectivity index (χ1v) is 8.08. The van der Waals surface area contributed by atoms with Crippen LogP contribution in [0.5, 0.6) is 0 Å². The Labute approximate surface area is 137 Å². The molecule has 6 heteroatoms. The number of rotatable bonds is 5. The fourth-order valence-electron chi connectivity index (χ4n) is 2.70. The second-order valence-corrected chi connectivity index (χ2v) is 5.56. The lowest BCUT2D eigenvalue weighted by molar-refractivity contribution is -0.0605. The molecule has 23 heavy (non-hydrogen) atoms. The van der Waals surface area contributed by atoms with Crippen molar-refractivity contribution in [3.63, 3.8) is 0 Å². The Morgan fingerprint density at radius 1 is 1.39 bits per heavy atom. The molecule has 0 aliphatic carbocycles. The molecule has 128 valence electrons. The van der Waals surface area contributed by atoms with E-state index in [0.717, 1.165) is 18.1 Å². The van der Waals surface area contributed by atoms with Crippen LogP contribution in [0.15, 0.2) is 29.3 Å². The van der Waals surface area contributed by atoms with E-state index in [1.54, 1.807) is 19.2 Å². The smallest absolute Gasteiger partial charge is 0.193 e. The number of guanidine groups is 1. The minimum Gasteiger partial charge on any atom is -0.380 e. The number of benzene rings is 1. The highest BCUT2D eigenvalue weighted by molar-refractivity contribution is 5.80. The van der Waals surface area contributed by atoms with Crippen LogP contribution in [0.1, 0.15) is 25.5 Å². The van der Waals surface area contributed by atoms with Gasteiger partial charge in [0.05, 0.1) is 19.3 Å². The molecule has 0 aromatic heterocycles. The van der Waals surface area contributed by atoms with Gasteiger partial charge in [0.2, 0.25) is 0 Å². The zero-order chi connectivity index (χ0) is 16.7. The van der Waals surface area contributed by atoms with Crippen molar-refractivity contribution >= 4 is 5.96 Å². The van der Waals surface area contributed by atoms with Crippen molar-refractivity contribution in [2.24, 2.45) is 4.99 Å². The third kappa shape index (κ3) is 5.18. The van der Waals surface area contributed by atoms with Crippen LogP contribution >= 0.6 is 0 Å². The number of morpholine rings is 1. The molecule has 2 rings (SSSR count). The molecule has 0 saturated carbocycles. The first-order chi connectivity index (χ1) is 11.1. The van der Waals surface area contributed by atoms with Crippen molar-refractivity contribution in [1.29, 1.82) is 0 Å². The summed E-state index contributed by atoms with van der Waals surface area (Å²) in [5, 5.41) is 3.31. The predicted molar refractivity (Wildman–Crippen MR) is 89.1 cm³/mol. The molecule has 1 aliphatic rings. The van der Waals surface area contributed by atoms with Crippen molar-refractivity contribution < 1.29 is 13.9 Å². The van der Waals surface area contributed by atoms with Crippen molar-refractivity contribution in [1.82, 2.24) is 10.2 Å². The molecule has 2 unspecified atom stereocenters. The lowest BCUT2D eigenvalue weighted by atomic mass is 10.1. The summed E-state index contributed by atoms with van der Waals surface area (Å²) in [7, 11) is 1.77. The standard InChI is InChI=1S/C17H26FN3O2/c1-4-22-10-9-20-17(19-3)21-11-13(2)23-16(12-21)14-5-7-15(18)8-6-14/h5-8,13,16H,4,9-12H2,1-3H3,(H,19,20). The molecule has 1 N–H and O–H groups in total. The van der Waals surface area contributed by atoms with E-state index in [1.807, 2.05) is 13.8 Å². The fourth-order valence-corrected chi connectivity index (χ4v) is 2.70. The highest BCUT2D eigenvalue weighted by Crippen LogP contribution is 2.25. The Hall–Kier alpha value is -1.66. The summed E-state index contributed by atoms with van der Waals surface area (Å²) in [6.07, 6.45) is -0.0194. The van der Waals surface area contributed by atoms with Crippen LogP contribution in [0.4, 0.5) is 4.39 Å². The van der Waals surface area contributed by atoms with Crippen LogP contribution in [0.2, 0.25) is 0 Å². The number of nitrogens with one attached hydrogen (secondary N) is 1. The van der Waals surface area contributed by atoms with E-state index >= 15 is 0 Å². The van der Waals surface area contributed by atoms with Gasteiger partial charge in [0.25, 0.3) is 0 Å². The topological polar surface area (TPSA) is 46.1 Å². The van der Waals surface area contributed by atoms with E-state index in [1.165, 1.54) is 12.1 Å². The lowest BCUT2D eigenvalue weighted by Crippen LogP contribution is -2.51. The molecule has 0 bridgehead atoms. The first-order valence-electron chi connectivity index (χ1n) is 8.08. The summed E-state index contributed by atoms with van der Waals surface area (Å²) in [4.78, 5) is 6.52. The van der Waals surface area contributed by atoms with Gasteiger partial charge in [0.15, 0.2) is 5.96 Å². The summed E-state index contributed by atoms with van der Waals surface area (Å²) in [6.45, 7) is 7.55. The molecule has 2 atom stereocenters. The maximum absolute atomic E-state index is 13.1. The van der Waals surface area contributed by atoms with E-state index < -0.39 is 0 Å². The summed E-state index contributed by atoms with van der Waals surface area (Å²) in [6, 6.07) is 6.50. The van der Waals surface area contributed by atoms with E-state index in [0.29, 0.717) is 26.3 Å². The van der Waals surface area contributed by atoms with E-state index in [9.17, 15) is 4.39 Å². The monoisotopic (exact) mass is 323 g/mol. The zero-order valence-corrected chi connectivity index (χ0v) is 14.1. The third-order valence-electron chi connectivity index (χ3n) is 3.75. The Morgan fingerprint density at radius 2 is 2.13 bits per heavy atom. The molecule has 0 spiro atoms. The Kier molecular flexibility index (Phi) is 6.80. The fraction of sp³-hybridized carbons (Fsp3) is 0.588. The average molecular weight is 323 g/mol. The summed E-state index contributed by atoms with van der Waals surface area (Å²) < 4.78 is 24.5. The predicted octanol–water partition coefficient (Wildman–Crippen LogP) is 2.20. The zero-order valence-electron chi connectivity index (χ0n) is 14.1. The second kappa shape index (κ2) is 8.84. The normalized spacial score (nSPS) is 22.3. The third-order valence-corrected chi connectivity index (χ3v) is 3.75. The summed E-state index contributed by atoms with van der Waals surface area (Å²) in [5.41, 5.74) is 0.979. The molecular weight excluding hydrogens is 297 g/mol. The Morgan fingerprint density at radius 3 is 2.78 bits per heavy atom. The number of nitrogens with zero attached hydrogens (tertiary/aromatic N) is 2. The Balaban J connectivity index is 1.99. The van der Waals surface area contributed by atoms with Crippen LogP contribution in [-0.2, 0) is 9.47 Å². The number of ether oxygens (including phenoxy) is 2. The minimum absolute atomic E-state index is 0.0734. The van der Waals surface area contributed by atoms with Gasteiger partial charge in [-0.05, 0) is 31.5 Å². The molecule has 1 aromatic rings. The van der Waals surface area contributed by atoms with E-state index in [-0.39, 0.29) is 18.0 Å². The van der Waals surface area contributed by atoms with Crippen LogP contribution in [0.25, 0.3) is 0 Å². The summed E-state index contributed by atoms with van der Waals surface area (Å²) >= 11 is 0. The lowest BCUT2D eigenvalue weighted by Gasteiger charge is -2.38. The van der Waals surface area contributed by atoms with Gasteiger partial charge < -0.3 is 19.7 Å². The van der Waals surface area contributed by atoms with Crippen molar-refractivity contribution in [2.45, 2.75) is 26.1 Å². The molecule has 1 aromatic carbocycles. The molecular formula is C17H26FN3O2. The minimum atomic E-state index is -0.233. The van der Waals surface area contributed by atoms with Crippen molar-refractivity contribution in [3.05, 3.63) is 35.6 Å². The highest BCUT2D eigenvalue weighted by Gasteiger charge is 2.28. The van der Waals surface area contributed by atoms with Crippen LogP contribution < -0.4 is 5.32 Å². The van der Waals surface area contributed by atoms with Gasteiger partial charge in [0, 0.05) is 26.7 Å². The molecule has 5 nitrogen and oxygen atoms in total. The largest absolute Gasteiger partial charge is 0.380 e. The average Bonchev–Trinajstić information content (AvgIpc) is 2.55. The molecule has 1 aliphatic heterocycles. The quantitative estimate of drug-likeness (QED) is 0.513. The van der Waals surface area contributed by atoms with Gasteiger partial charge >= 0.3 is 0 Å². The van der Waals surface area contributed by atoms with E-state index in [2.05, 4.69) is 15.2 Å². The van der Waals surface area contributed by atoms with Crippen LogP contribution in [0.3, 0.4) is 0 Å². The molecule has 0 amide bonds. The first kappa shape index (κ1) is 17.7.